The molecule has 8 heteroatoms. The van der Waals surface area contributed by atoms with Gasteiger partial charge in [-0.25, -0.2) is 9.97 Å². The minimum absolute atomic E-state index is 0.103. The lowest BCUT2D eigenvalue weighted by Gasteiger charge is -2.12. The molecule has 1 fully saturated rings. The molecule has 1 amide bonds. The monoisotopic (exact) mass is 496 g/mol. The number of primary amides is 1. The van der Waals surface area contributed by atoms with Crippen LogP contribution in [0.1, 0.15) is 77.3 Å². The van der Waals surface area contributed by atoms with Crippen LogP contribution in [0, 0.1) is 20.8 Å². The van der Waals surface area contributed by atoms with Gasteiger partial charge in [0.2, 0.25) is 0 Å². The molecule has 2 heterocycles. The number of nitrogens with two attached hydrogens (primary N) is 2. The molecule has 1 aliphatic carbocycles. The fraction of sp³-hybridized carbons (Fsp3) is 0.444. The van der Waals surface area contributed by atoms with Crippen molar-refractivity contribution in [3.63, 3.8) is 0 Å². The van der Waals surface area contributed by atoms with Crippen LogP contribution in [0.5, 0.6) is 0 Å². The number of aromatic nitrogens is 2. The van der Waals surface area contributed by atoms with E-state index < -0.39 is 11.5 Å². The van der Waals surface area contributed by atoms with Crippen molar-refractivity contribution in [3.05, 3.63) is 63.4 Å². The molecule has 1 aromatic carbocycles. The lowest BCUT2D eigenvalue weighted by molar-refractivity contribution is 0.0456. The number of pyridine rings is 1. The SMILES string of the molecule is Cc1ccc(COC2CCCC2)cc1C.Cc1nc(C(C)(C)O)sc1-c1cnc(N)c(C(N)=O)c1. The molecule has 0 spiro atoms. The molecule has 0 bridgehead atoms. The number of hydrogen-bond acceptors (Lipinski definition) is 7. The quantitative estimate of drug-likeness (QED) is 0.432. The second kappa shape index (κ2) is 11.3. The highest BCUT2D eigenvalue weighted by Gasteiger charge is 2.23. The highest BCUT2D eigenvalue weighted by Crippen LogP contribution is 2.35. The number of aryl methyl sites for hydroxylation is 3. The minimum atomic E-state index is -1.01. The van der Waals surface area contributed by atoms with Crippen LogP contribution in [-0.4, -0.2) is 27.1 Å². The van der Waals surface area contributed by atoms with Gasteiger partial charge in [-0.3, -0.25) is 4.79 Å². The Hall–Kier alpha value is -2.81. The van der Waals surface area contributed by atoms with E-state index in [0.717, 1.165) is 17.2 Å². The standard InChI is InChI=1S/C14H20O.C13H16N4O2S/c1-11-7-8-13(9-12(11)2)10-15-14-5-3-4-6-14;1-6-9(20-12(17-6)13(2,3)19)7-4-8(11(15)18)10(14)16-5-7/h7-9,14H,3-6,10H2,1-2H3;4-5,19H,1-3H3,(H2,14,16)(H2,15,18). The molecule has 1 saturated carbocycles. The average Bonchev–Trinajstić information content (AvgIpc) is 3.45. The van der Waals surface area contributed by atoms with Crippen LogP contribution in [0.2, 0.25) is 0 Å². The third-order valence-electron chi connectivity index (χ3n) is 6.13. The Morgan fingerprint density at radius 1 is 1.17 bits per heavy atom. The number of anilines is 1. The fourth-order valence-corrected chi connectivity index (χ4v) is 4.93. The Labute approximate surface area is 211 Å². The number of amides is 1. The molecule has 4 rings (SSSR count). The van der Waals surface area contributed by atoms with Crippen LogP contribution in [0.3, 0.4) is 0 Å². The van der Waals surface area contributed by atoms with Crippen molar-refractivity contribution in [2.45, 2.75) is 78.6 Å². The van der Waals surface area contributed by atoms with E-state index in [4.69, 9.17) is 16.2 Å². The summed E-state index contributed by atoms with van der Waals surface area (Å²) in [6, 6.07) is 8.20. The number of benzene rings is 1. The lowest BCUT2D eigenvalue weighted by Crippen LogP contribution is -2.14. The smallest absolute Gasteiger partial charge is 0.252 e. The van der Waals surface area contributed by atoms with Crippen molar-refractivity contribution in [2.24, 2.45) is 5.73 Å². The van der Waals surface area contributed by atoms with Gasteiger partial charge in [-0.2, -0.15) is 0 Å². The van der Waals surface area contributed by atoms with Crippen LogP contribution < -0.4 is 11.5 Å². The van der Waals surface area contributed by atoms with E-state index in [1.54, 1.807) is 26.1 Å². The molecule has 0 unspecified atom stereocenters. The van der Waals surface area contributed by atoms with Gasteiger partial charge >= 0.3 is 0 Å². The molecule has 35 heavy (non-hydrogen) atoms. The van der Waals surface area contributed by atoms with Crippen molar-refractivity contribution in [2.75, 3.05) is 5.73 Å². The molecule has 3 aromatic rings. The van der Waals surface area contributed by atoms with Gasteiger partial charge < -0.3 is 21.3 Å². The van der Waals surface area contributed by atoms with Crippen molar-refractivity contribution in [1.82, 2.24) is 9.97 Å². The van der Waals surface area contributed by atoms with E-state index in [9.17, 15) is 9.90 Å². The highest BCUT2D eigenvalue weighted by molar-refractivity contribution is 7.15. The molecule has 1 aliphatic rings. The molecule has 5 N–H and O–H groups in total. The number of hydrogen-bond donors (Lipinski definition) is 3. The summed E-state index contributed by atoms with van der Waals surface area (Å²) in [6.45, 7) is 10.3. The number of rotatable bonds is 6. The van der Waals surface area contributed by atoms with Gasteiger partial charge in [0, 0.05) is 11.8 Å². The molecular formula is C27H36N4O3S. The number of aliphatic hydroxyl groups is 1. The number of nitrogens with zero attached hydrogens (tertiary/aromatic N) is 2. The van der Waals surface area contributed by atoms with E-state index in [1.165, 1.54) is 53.7 Å². The Morgan fingerprint density at radius 3 is 2.43 bits per heavy atom. The normalized spacial score (nSPS) is 14.0. The van der Waals surface area contributed by atoms with Crippen LogP contribution in [0.25, 0.3) is 10.4 Å². The van der Waals surface area contributed by atoms with Gasteiger partial charge in [0.05, 0.1) is 28.8 Å². The predicted octanol–water partition coefficient (Wildman–Crippen LogP) is 5.18. The summed E-state index contributed by atoms with van der Waals surface area (Å²) in [5.74, 6) is -0.521. The molecule has 0 aliphatic heterocycles. The fourth-order valence-electron chi connectivity index (χ4n) is 3.89. The van der Waals surface area contributed by atoms with E-state index in [1.807, 2.05) is 6.92 Å². The minimum Gasteiger partial charge on any atom is -0.383 e. The first kappa shape index (κ1) is 26.8. The molecule has 0 radical (unpaired) electrons. The zero-order valence-electron chi connectivity index (χ0n) is 21.2. The second-order valence-electron chi connectivity index (χ2n) is 9.65. The van der Waals surface area contributed by atoms with Gasteiger partial charge in [0.15, 0.2) is 0 Å². The number of carbonyl (C=O) groups excluding carboxylic acids is 1. The van der Waals surface area contributed by atoms with Crippen molar-refractivity contribution in [1.29, 1.82) is 0 Å². The Kier molecular flexibility index (Phi) is 8.64. The van der Waals surface area contributed by atoms with E-state index in [-0.39, 0.29) is 11.4 Å². The molecule has 7 nitrogen and oxygen atoms in total. The number of ether oxygens (including phenoxy) is 1. The van der Waals surface area contributed by atoms with Crippen molar-refractivity contribution >= 4 is 23.1 Å². The molecule has 0 saturated heterocycles. The first-order valence-electron chi connectivity index (χ1n) is 11.9. The van der Waals surface area contributed by atoms with E-state index >= 15 is 0 Å². The predicted molar refractivity (Wildman–Crippen MR) is 141 cm³/mol. The van der Waals surface area contributed by atoms with Crippen LogP contribution >= 0.6 is 11.3 Å². The van der Waals surface area contributed by atoms with E-state index in [2.05, 4.69) is 42.0 Å². The largest absolute Gasteiger partial charge is 0.383 e. The Bertz CT molecular complexity index is 1180. The Morgan fingerprint density at radius 2 is 1.86 bits per heavy atom. The number of nitrogen functional groups attached to an aromatic ring is 1. The summed E-state index contributed by atoms with van der Waals surface area (Å²) in [5, 5.41) is 10.6. The van der Waals surface area contributed by atoms with Crippen LogP contribution in [0.4, 0.5) is 5.82 Å². The van der Waals surface area contributed by atoms with Crippen molar-refractivity contribution in [3.8, 4) is 10.4 Å². The second-order valence-corrected chi connectivity index (χ2v) is 10.6. The van der Waals surface area contributed by atoms with Gasteiger partial charge in [-0.15, -0.1) is 11.3 Å². The number of thiazole rings is 1. The molecule has 188 valence electrons. The number of carbonyl (C=O) groups is 1. The topological polar surface area (TPSA) is 124 Å². The summed E-state index contributed by atoms with van der Waals surface area (Å²) in [4.78, 5) is 20.5. The third-order valence-corrected chi connectivity index (χ3v) is 7.64. The lowest BCUT2D eigenvalue weighted by atomic mass is 10.1. The summed E-state index contributed by atoms with van der Waals surface area (Å²) < 4.78 is 5.88. The zero-order valence-corrected chi connectivity index (χ0v) is 22.0. The zero-order chi connectivity index (χ0) is 25.8. The van der Waals surface area contributed by atoms with E-state index in [0.29, 0.717) is 16.7 Å². The summed E-state index contributed by atoms with van der Waals surface area (Å²) in [7, 11) is 0. The molecule has 0 atom stereocenters. The van der Waals surface area contributed by atoms with Gasteiger partial charge in [0.1, 0.15) is 16.4 Å². The van der Waals surface area contributed by atoms with Crippen LogP contribution in [-0.2, 0) is 16.9 Å². The highest BCUT2D eigenvalue weighted by atomic mass is 32.1. The molecular weight excluding hydrogens is 460 g/mol. The first-order chi connectivity index (χ1) is 16.5. The average molecular weight is 497 g/mol. The van der Waals surface area contributed by atoms with Crippen LogP contribution in [0.15, 0.2) is 30.5 Å². The molecule has 2 aromatic heterocycles. The maximum absolute atomic E-state index is 11.3. The summed E-state index contributed by atoms with van der Waals surface area (Å²) >= 11 is 1.35. The maximum Gasteiger partial charge on any atom is 0.252 e. The van der Waals surface area contributed by atoms with Gasteiger partial charge in [-0.05, 0) is 70.2 Å². The summed E-state index contributed by atoms with van der Waals surface area (Å²) in [6.07, 6.45) is 7.29. The third kappa shape index (κ3) is 7.10. The Balaban J connectivity index is 0.000000203. The maximum atomic E-state index is 11.3. The van der Waals surface area contributed by atoms with Crippen molar-refractivity contribution < 1.29 is 14.6 Å². The summed E-state index contributed by atoms with van der Waals surface area (Å²) in [5.41, 5.74) is 15.5. The van der Waals surface area contributed by atoms with Gasteiger partial charge in [-0.1, -0.05) is 31.0 Å². The van der Waals surface area contributed by atoms with Gasteiger partial charge in [0.25, 0.3) is 5.91 Å². The first-order valence-corrected chi connectivity index (χ1v) is 12.7.